The average Bonchev–Trinajstić information content (AvgIpc) is 2.74. The van der Waals surface area contributed by atoms with Crippen LogP contribution in [-0.4, -0.2) is 37.4 Å². The second-order valence-corrected chi connectivity index (χ2v) is 9.07. The van der Waals surface area contributed by atoms with Gasteiger partial charge in [0, 0.05) is 11.8 Å². The van der Waals surface area contributed by atoms with Gasteiger partial charge in [0.2, 0.25) is 0 Å². The number of sulfone groups is 1. The molecular formula is C21H21F3N4O3S. The summed E-state index contributed by atoms with van der Waals surface area (Å²) in [6, 6.07) is 11.9. The lowest BCUT2D eigenvalue weighted by molar-refractivity contribution is -0.127. The van der Waals surface area contributed by atoms with E-state index in [1.54, 1.807) is 19.1 Å². The van der Waals surface area contributed by atoms with Gasteiger partial charge in [0.05, 0.1) is 29.9 Å². The van der Waals surface area contributed by atoms with Crippen LogP contribution in [-0.2, 0) is 16.3 Å². The Bertz CT molecular complexity index is 1180. The zero-order valence-electron chi connectivity index (χ0n) is 17.3. The van der Waals surface area contributed by atoms with E-state index < -0.39 is 22.4 Å². The van der Waals surface area contributed by atoms with Crippen LogP contribution in [0.1, 0.15) is 12.5 Å². The molecule has 3 aromatic rings. The highest BCUT2D eigenvalue weighted by molar-refractivity contribution is 7.91. The van der Waals surface area contributed by atoms with E-state index in [1.165, 1.54) is 49.8 Å². The number of nitrogens with one attached hydrogen (secondary N) is 2. The average molecular weight is 466 g/mol. The summed E-state index contributed by atoms with van der Waals surface area (Å²) in [5.41, 5.74) is 1.11. The Morgan fingerprint density at radius 3 is 2.22 bits per heavy atom. The molecule has 1 heterocycles. The number of benzene rings is 2. The van der Waals surface area contributed by atoms with Gasteiger partial charge in [-0.1, -0.05) is 19.1 Å². The molecule has 0 saturated carbocycles. The predicted molar refractivity (Wildman–Crippen MR) is 116 cm³/mol. The number of methoxy groups -OCH3 is 1. The number of aromatic nitrogens is 2. The van der Waals surface area contributed by atoms with E-state index in [0.29, 0.717) is 28.8 Å². The third-order valence-corrected chi connectivity index (χ3v) is 6.20. The van der Waals surface area contributed by atoms with Gasteiger partial charge in [-0.2, -0.15) is 13.2 Å². The van der Waals surface area contributed by atoms with Gasteiger partial charge in [-0.25, -0.2) is 18.4 Å². The molecule has 0 aliphatic rings. The summed E-state index contributed by atoms with van der Waals surface area (Å²) in [5.74, 6) is 1.14. The van der Waals surface area contributed by atoms with Crippen molar-refractivity contribution < 1.29 is 26.3 Å². The van der Waals surface area contributed by atoms with Crippen molar-refractivity contribution in [3.8, 4) is 5.75 Å². The van der Waals surface area contributed by atoms with Crippen molar-refractivity contribution in [3.05, 3.63) is 60.4 Å². The molecule has 11 heteroatoms. The van der Waals surface area contributed by atoms with Crippen LogP contribution in [0.2, 0.25) is 0 Å². The van der Waals surface area contributed by atoms with E-state index >= 15 is 0 Å². The van der Waals surface area contributed by atoms with Gasteiger partial charge in [-0.15, -0.1) is 0 Å². The second-order valence-electron chi connectivity index (χ2n) is 6.79. The summed E-state index contributed by atoms with van der Waals surface area (Å²) >= 11 is 0. The smallest absolute Gasteiger partial charge is 0.393 e. The molecule has 3 rings (SSSR count). The van der Waals surface area contributed by atoms with Crippen molar-refractivity contribution in [2.75, 3.05) is 23.5 Å². The zero-order chi connectivity index (χ0) is 23.4. The lowest BCUT2D eigenvalue weighted by Gasteiger charge is -2.13. The van der Waals surface area contributed by atoms with Crippen LogP contribution in [0.3, 0.4) is 0 Å². The van der Waals surface area contributed by atoms with E-state index in [4.69, 9.17) is 4.74 Å². The summed E-state index contributed by atoms with van der Waals surface area (Å²) in [4.78, 5) is 8.38. The first-order valence-corrected chi connectivity index (χ1v) is 11.2. The van der Waals surface area contributed by atoms with Gasteiger partial charge in [-0.3, -0.25) is 0 Å². The van der Waals surface area contributed by atoms with Gasteiger partial charge < -0.3 is 15.4 Å². The van der Waals surface area contributed by atoms with E-state index in [9.17, 15) is 21.6 Å². The molecule has 2 N–H and O–H groups in total. The Balaban J connectivity index is 1.79. The van der Waals surface area contributed by atoms with E-state index in [2.05, 4.69) is 20.6 Å². The third kappa shape index (κ3) is 6.10. The van der Waals surface area contributed by atoms with Crippen molar-refractivity contribution >= 4 is 32.8 Å². The fraction of sp³-hybridized carbons (Fsp3) is 0.238. The van der Waals surface area contributed by atoms with Crippen molar-refractivity contribution in [3.63, 3.8) is 0 Å². The lowest BCUT2D eigenvalue weighted by atomic mass is 10.1. The Labute approximate surface area is 183 Å². The number of rotatable bonds is 8. The molecule has 170 valence electrons. The number of halogens is 3. The first kappa shape index (κ1) is 23.3. The lowest BCUT2D eigenvalue weighted by Crippen LogP contribution is -2.11. The first-order chi connectivity index (χ1) is 15.1. The van der Waals surface area contributed by atoms with Crippen LogP contribution < -0.4 is 15.4 Å². The molecule has 0 atom stereocenters. The zero-order valence-corrected chi connectivity index (χ0v) is 18.1. The van der Waals surface area contributed by atoms with Crippen molar-refractivity contribution in [1.82, 2.24) is 9.97 Å². The maximum absolute atomic E-state index is 12.5. The molecule has 1 aromatic heterocycles. The maximum Gasteiger partial charge on any atom is 0.393 e. The molecule has 0 fully saturated rings. The molecule has 0 aliphatic carbocycles. The monoisotopic (exact) mass is 466 g/mol. The van der Waals surface area contributed by atoms with E-state index in [0.717, 1.165) is 0 Å². The minimum absolute atomic E-state index is 0.0396. The standard InChI is InChI=1S/C21H21F3N4O3S/c1-3-32(29,30)16-8-9-18(31-2)17(10-16)28-20-11-19(25-13-26-20)27-15-6-4-14(5-7-15)12-21(22,23)24/h4-11,13H,3,12H2,1-2H3,(H2,25,26,27,28). The molecule has 0 amide bonds. The van der Waals surface area contributed by atoms with Gasteiger partial charge in [0.25, 0.3) is 0 Å². The van der Waals surface area contributed by atoms with Crippen LogP contribution >= 0.6 is 0 Å². The Morgan fingerprint density at radius 2 is 1.62 bits per heavy atom. The largest absolute Gasteiger partial charge is 0.495 e. The molecule has 2 aromatic carbocycles. The number of hydrogen-bond acceptors (Lipinski definition) is 7. The highest BCUT2D eigenvalue weighted by Crippen LogP contribution is 2.31. The fourth-order valence-corrected chi connectivity index (χ4v) is 3.77. The highest BCUT2D eigenvalue weighted by Gasteiger charge is 2.27. The van der Waals surface area contributed by atoms with Gasteiger partial charge in [0.1, 0.15) is 23.7 Å². The first-order valence-electron chi connectivity index (χ1n) is 9.52. The Hall–Kier alpha value is -3.34. The molecule has 0 radical (unpaired) electrons. The molecule has 7 nitrogen and oxygen atoms in total. The molecular weight excluding hydrogens is 445 g/mol. The van der Waals surface area contributed by atoms with Crippen molar-refractivity contribution in [2.24, 2.45) is 0 Å². The Kier molecular flexibility index (Phi) is 6.87. The van der Waals surface area contributed by atoms with Crippen molar-refractivity contribution in [1.29, 1.82) is 0 Å². The summed E-state index contributed by atoms with van der Waals surface area (Å²) in [7, 11) is -1.95. The SMILES string of the molecule is CCS(=O)(=O)c1ccc(OC)c(Nc2cc(Nc3ccc(CC(F)(F)F)cc3)ncn2)c1. The van der Waals surface area contributed by atoms with Gasteiger partial charge >= 0.3 is 6.18 Å². The van der Waals surface area contributed by atoms with Gasteiger partial charge in [0.15, 0.2) is 9.84 Å². The highest BCUT2D eigenvalue weighted by atomic mass is 32.2. The molecule has 0 aliphatic heterocycles. The molecule has 0 bridgehead atoms. The van der Waals surface area contributed by atoms with E-state index in [1.807, 2.05) is 0 Å². The second kappa shape index (κ2) is 9.43. The minimum Gasteiger partial charge on any atom is -0.495 e. The van der Waals surface area contributed by atoms with Crippen LogP contribution in [0.5, 0.6) is 5.75 Å². The van der Waals surface area contributed by atoms with Gasteiger partial charge in [-0.05, 0) is 35.9 Å². The number of hydrogen-bond donors (Lipinski definition) is 2. The van der Waals surface area contributed by atoms with Crippen LogP contribution in [0.15, 0.2) is 59.8 Å². The molecule has 32 heavy (non-hydrogen) atoms. The number of ether oxygens (including phenoxy) is 1. The topological polar surface area (TPSA) is 93.2 Å². The summed E-state index contributed by atoms with van der Waals surface area (Å²) in [5, 5.41) is 6.01. The van der Waals surface area contributed by atoms with E-state index in [-0.39, 0.29) is 16.2 Å². The summed E-state index contributed by atoms with van der Waals surface area (Å²) in [6.07, 6.45) is -3.97. The molecule has 0 unspecified atom stereocenters. The number of anilines is 4. The number of alkyl halides is 3. The summed E-state index contributed by atoms with van der Waals surface area (Å²) < 4.78 is 67.2. The molecule has 0 spiro atoms. The fourth-order valence-electron chi connectivity index (χ4n) is 2.86. The maximum atomic E-state index is 12.5. The predicted octanol–water partition coefficient (Wildman–Crippen LogP) is 4.87. The quantitative estimate of drug-likeness (QED) is 0.489. The Morgan fingerprint density at radius 1 is 0.969 bits per heavy atom. The van der Waals surface area contributed by atoms with Crippen LogP contribution in [0.4, 0.5) is 36.2 Å². The third-order valence-electron chi connectivity index (χ3n) is 4.47. The minimum atomic E-state index is -4.27. The normalized spacial score (nSPS) is 11.8. The van der Waals surface area contributed by atoms with Crippen LogP contribution in [0.25, 0.3) is 0 Å². The molecule has 0 saturated heterocycles. The summed E-state index contributed by atoms with van der Waals surface area (Å²) in [6.45, 7) is 1.56. The van der Waals surface area contributed by atoms with Crippen molar-refractivity contribution in [2.45, 2.75) is 24.4 Å². The van der Waals surface area contributed by atoms with Crippen LogP contribution in [0, 0.1) is 0 Å². The number of nitrogens with zero attached hydrogens (tertiary/aromatic N) is 2.